The molecule has 0 heterocycles. The molecule has 6 nitrogen and oxygen atoms in total. The summed E-state index contributed by atoms with van der Waals surface area (Å²) in [6, 6.07) is 14.2. The molecular formula is C24H31BrN2O4. The van der Waals surface area contributed by atoms with E-state index in [0.29, 0.717) is 18.7 Å². The summed E-state index contributed by atoms with van der Waals surface area (Å²) in [6.45, 7) is 6.03. The second-order valence-electron chi connectivity index (χ2n) is 7.35. The quantitative estimate of drug-likeness (QED) is 0.501. The van der Waals surface area contributed by atoms with Crippen molar-refractivity contribution in [2.45, 2.75) is 52.2 Å². The molecule has 0 aliphatic carbocycles. The zero-order valence-electron chi connectivity index (χ0n) is 18.6. The Kier molecular flexibility index (Phi) is 9.85. The van der Waals surface area contributed by atoms with Gasteiger partial charge in [0.25, 0.3) is 5.91 Å². The number of carbonyl (C=O) groups is 2. The van der Waals surface area contributed by atoms with Crippen molar-refractivity contribution >= 4 is 27.7 Å². The molecule has 31 heavy (non-hydrogen) atoms. The van der Waals surface area contributed by atoms with Gasteiger partial charge in [0.05, 0.1) is 7.11 Å². The summed E-state index contributed by atoms with van der Waals surface area (Å²) in [6.07, 6.45) is 1.32. The van der Waals surface area contributed by atoms with Crippen LogP contribution in [-0.2, 0) is 16.1 Å². The summed E-state index contributed by atoms with van der Waals surface area (Å²) < 4.78 is 11.8. The molecule has 1 N–H and O–H groups in total. The van der Waals surface area contributed by atoms with Crippen molar-refractivity contribution < 1.29 is 19.1 Å². The number of hydrogen-bond acceptors (Lipinski definition) is 4. The summed E-state index contributed by atoms with van der Waals surface area (Å²) >= 11 is 3.38. The van der Waals surface area contributed by atoms with E-state index in [1.54, 1.807) is 24.1 Å². The number of nitrogens with one attached hydrogen (secondary N) is 1. The SMILES string of the molecule is CC[C@@H](C)NC(=O)[C@@H](CC)N(Cc1ccc(OC)cc1)C(=O)COc1ccc(Br)cc1. The van der Waals surface area contributed by atoms with Gasteiger partial charge in [-0.2, -0.15) is 0 Å². The van der Waals surface area contributed by atoms with E-state index in [9.17, 15) is 9.59 Å². The topological polar surface area (TPSA) is 67.9 Å². The third-order valence-corrected chi connectivity index (χ3v) is 5.60. The van der Waals surface area contributed by atoms with Crippen LogP contribution in [0.15, 0.2) is 53.0 Å². The number of ether oxygens (including phenoxy) is 2. The minimum Gasteiger partial charge on any atom is -0.497 e. The molecule has 0 spiro atoms. The minimum atomic E-state index is -0.586. The van der Waals surface area contributed by atoms with Crippen molar-refractivity contribution in [3.8, 4) is 11.5 Å². The highest BCUT2D eigenvalue weighted by atomic mass is 79.9. The van der Waals surface area contributed by atoms with Gasteiger partial charge in [-0.1, -0.05) is 41.9 Å². The maximum absolute atomic E-state index is 13.2. The van der Waals surface area contributed by atoms with E-state index in [2.05, 4.69) is 21.2 Å². The van der Waals surface area contributed by atoms with Crippen molar-refractivity contribution in [2.24, 2.45) is 0 Å². The lowest BCUT2D eigenvalue weighted by molar-refractivity contribution is -0.143. The summed E-state index contributed by atoms with van der Waals surface area (Å²) in [5, 5.41) is 3.00. The largest absolute Gasteiger partial charge is 0.497 e. The zero-order valence-corrected chi connectivity index (χ0v) is 20.1. The Morgan fingerprint density at radius 1 is 1.00 bits per heavy atom. The molecule has 7 heteroatoms. The molecule has 0 aliphatic rings. The van der Waals surface area contributed by atoms with Crippen LogP contribution < -0.4 is 14.8 Å². The van der Waals surface area contributed by atoms with Crippen molar-refractivity contribution in [3.63, 3.8) is 0 Å². The first kappa shape index (κ1) is 24.7. The molecule has 2 atom stereocenters. The van der Waals surface area contributed by atoms with Crippen molar-refractivity contribution in [1.29, 1.82) is 0 Å². The van der Waals surface area contributed by atoms with Gasteiger partial charge in [-0.3, -0.25) is 9.59 Å². The van der Waals surface area contributed by atoms with E-state index < -0.39 is 6.04 Å². The van der Waals surface area contributed by atoms with Crippen LogP contribution in [0.3, 0.4) is 0 Å². The lowest BCUT2D eigenvalue weighted by Gasteiger charge is -2.31. The Balaban J connectivity index is 2.20. The van der Waals surface area contributed by atoms with Crippen LogP contribution in [0.5, 0.6) is 11.5 Å². The maximum atomic E-state index is 13.2. The molecule has 0 aromatic heterocycles. The molecule has 2 aromatic carbocycles. The van der Waals surface area contributed by atoms with Gasteiger partial charge in [-0.25, -0.2) is 0 Å². The van der Waals surface area contributed by atoms with E-state index in [1.807, 2.05) is 57.2 Å². The maximum Gasteiger partial charge on any atom is 0.261 e. The van der Waals surface area contributed by atoms with Crippen molar-refractivity contribution in [1.82, 2.24) is 10.2 Å². The zero-order chi connectivity index (χ0) is 22.8. The number of halogens is 1. The normalized spacial score (nSPS) is 12.5. The van der Waals surface area contributed by atoms with Gasteiger partial charge in [0, 0.05) is 17.1 Å². The Bertz CT molecular complexity index is 840. The van der Waals surface area contributed by atoms with Crippen molar-refractivity contribution in [3.05, 3.63) is 58.6 Å². The Morgan fingerprint density at radius 3 is 2.16 bits per heavy atom. The second kappa shape index (κ2) is 12.3. The first-order chi connectivity index (χ1) is 14.9. The molecule has 2 rings (SSSR count). The standard InChI is InChI=1S/C24H31BrN2O4/c1-5-17(3)26-24(29)22(6-2)27(15-18-7-11-20(30-4)12-8-18)23(28)16-31-21-13-9-19(25)10-14-21/h7-14,17,22H,5-6,15-16H2,1-4H3,(H,26,29)/t17-,22-/m1/s1. The number of amides is 2. The number of carbonyl (C=O) groups excluding carboxylic acids is 2. The fourth-order valence-electron chi connectivity index (χ4n) is 3.05. The highest BCUT2D eigenvalue weighted by Crippen LogP contribution is 2.19. The lowest BCUT2D eigenvalue weighted by Crippen LogP contribution is -2.51. The molecule has 0 radical (unpaired) electrons. The van der Waals surface area contributed by atoms with Gasteiger partial charge in [-0.05, 0) is 61.7 Å². The third-order valence-electron chi connectivity index (χ3n) is 5.07. The van der Waals surface area contributed by atoms with E-state index in [4.69, 9.17) is 9.47 Å². The molecule has 0 bridgehead atoms. The highest BCUT2D eigenvalue weighted by Gasteiger charge is 2.29. The third kappa shape index (κ3) is 7.58. The van der Waals surface area contributed by atoms with Gasteiger partial charge < -0.3 is 19.7 Å². The van der Waals surface area contributed by atoms with Gasteiger partial charge in [0.15, 0.2) is 6.61 Å². The summed E-state index contributed by atoms with van der Waals surface area (Å²) in [5.74, 6) is 0.937. The molecule has 0 aliphatic heterocycles. The molecule has 0 fully saturated rings. The van der Waals surface area contributed by atoms with Crippen LogP contribution in [0.25, 0.3) is 0 Å². The van der Waals surface area contributed by atoms with E-state index in [0.717, 1.165) is 22.2 Å². The van der Waals surface area contributed by atoms with Crippen LogP contribution in [-0.4, -0.2) is 42.5 Å². The number of methoxy groups -OCH3 is 1. The van der Waals surface area contributed by atoms with Crippen molar-refractivity contribution in [2.75, 3.05) is 13.7 Å². The molecule has 0 saturated carbocycles. The molecule has 2 aromatic rings. The minimum absolute atomic E-state index is 0.0403. The van der Waals surface area contributed by atoms with Crippen LogP contribution in [0.1, 0.15) is 39.2 Å². The molecule has 2 amide bonds. The lowest BCUT2D eigenvalue weighted by atomic mass is 10.1. The summed E-state index contributed by atoms with van der Waals surface area (Å²) in [5.41, 5.74) is 0.910. The van der Waals surface area contributed by atoms with Gasteiger partial charge in [0.2, 0.25) is 5.91 Å². The number of hydrogen-bond donors (Lipinski definition) is 1. The fourth-order valence-corrected chi connectivity index (χ4v) is 3.31. The number of benzene rings is 2. The predicted molar refractivity (Wildman–Crippen MR) is 125 cm³/mol. The molecular weight excluding hydrogens is 460 g/mol. The second-order valence-corrected chi connectivity index (χ2v) is 8.27. The number of rotatable bonds is 11. The van der Waals surface area contributed by atoms with Crippen LogP contribution in [0.2, 0.25) is 0 Å². The first-order valence-electron chi connectivity index (χ1n) is 10.5. The molecule has 0 unspecified atom stereocenters. The average molecular weight is 491 g/mol. The summed E-state index contributed by atoms with van der Waals surface area (Å²) in [7, 11) is 1.61. The summed E-state index contributed by atoms with van der Waals surface area (Å²) in [4.78, 5) is 27.7. The monoisotopic (exact) mass is 490 g/mol. The predicted octanol–water partition coefficient (Wildman–Crippen LogP) is 4.56. The molecule has 0 saturated heterocycles. The van der Waals surface area contributed by atoms with Crippen LogP contribution in [0.4, 0.5) is 0 Å². The average Bonchev–Trinajstić information content (AvgIpc) is 2.78. The van der Waals surface area contributed by atoms with Crippen LogP contribution in [0, 0.1) is 0 Å². The van der Waals surface area contributed by atoms with E-state index in [1.165, 1.54) is 0 Å². The Labute approximate surface area is 193 Å². The smallest absolute Gasteiger partial charge is 0.261 e. The number of nitrogens with zero attached hydrogens (tertiary/aromatic N) is 1. The van der Waals surface area contributed by atoms with Gasteiger partial charge in [-0.15, -0.1) is 0 Å². The van der Waals surface area contributed by atoms with E-state index in [-0.39, 0.29) is 24.5 Å². The Morgan fingerprint density at radius 2 is 1.61 bits per heavy atom. The highest BCUT2D eigenvalue weighted by molar-refractivity contribution is 9.10. The molecule has 168 valence electrons. The Hall–Kier alpha value is -2.54. The van der Waals surface area contributed by atoms with Gasteiger partial charge >= 0.3 is 0 Å². The first-order valence-corrected chi connectivity index (χ1v) is 11.3. The fraction of sp³-hybridized carbons (Fsp3) is 0.417. The van der Waals surface area contributed by atoms with E-state index >= 15 is 0 Å². The van der Waals surface area contributed by atoms with Gasteiger partial charge in [0.1, 0.15) is 17.5 Å². The van der Waals surface area contributed by atoms with Crippen LogP contribution >= 0.6 is 15.9 Å².